The fourth-order valence-electron chi connectivity index (χ4n) is 1.47. The third-order valence-corrected chi connectivity index (χ3v) is 2.29. The molecule has 0 spiro atoms. The maximum atomic E-state index is 12.3. The number of likely N-dealkylation sites (tertiary alicyclic amines) is 1. The number of piperidine rings is 1. The lowest BCUT2D eigenvalue weighted by atomic mass is 10.1. The summed E-state index contributed by atoms with van der Waals surface area (Å²) in [6.07, 6.45) is -1.56. The topological polar surface area (TPSA) is 29.5 Å². The van der Waals surface area contributed by atoms with Crippen molar-refractivity contribution in [3.8, 4) is 0 Å². The summed E-state index contributed by atoms with van der Waals surface area (Å²) in [6, 6.07) is 0. The second kappa shape index (κ2) is 4.80. The zero-order chi connectivity index (χ0) is 12.3. The number of ether oxygens (including phenoxy) is 1. The lowest BCUT2D eigenvalue weighted by Crippen LogP contribution is -2.40. The van der Waals surface area contributed by atoms with E-state index in [0.717, 1.165) is 0 Å². The van der Waals surface area contributed by atoms with Gasteiger partial charge in [0.05, 0.1) is 0 Å². The van der Waals surface area contributed by atoms with E-state index in [1.165, 1.54) is 4.90 Å². The van der Waals surface area contributed by atoms with E-state index >= 15 is 0 Å². The molecule has 0 saturated carbocycles. The first-order valence-corrected chi connectivity index (χ1v) is 5.30. The van der Waals surface area contributed by atoms with Crippen LogP contribution in [0.5, 0.6) is 0 Å². The molecule has 1 saturated heterocycles. The number of carbonyl (C=O) groups is 1. The molecule has 1 heterocycles. The van der Waals surface area contributed by atoms with E-state index < -0.39 is 17.8 Å². The molecule has 92 valence electrons. The predicted molar refractivity (Wildman–Crippen MR) is 56.3 cm³/mol. The summed E-state index contributed by atoms with van der Waals surface area (Å²) >= 11 is 0. The van der Waals surface area contributed by atoms with E-state index in [2.05, 4.69) is 0 Å². The van der Waals surface area contributed by atoms with Crippen LogP contribution < -0.4 is 0 Å². The van der Waals surface area contributed by atoms with Crippen LogP contribution in [0, 0.1) is 0 Å². The Morgan fingerprint density at radius 1 is 1.25 bits per heavy atom. The van der Waals surface area contributed by atoms with Crippen molar-refractivity contribution in [1.29, 1.82) is 0 Å². The standard InChI is InChI=1S/C11H17F2NO2/c1-11(2,3)16-10(15)14-6-4-8(5-7-14)9(12)13/h4-7H2,1-3H3/i12-1. The molecule has 0 radical (unpaired) electrons. The highest BCUT2D eigenvalue weighted by molar-refractivity contribution is 5.68. The SMILES string of the molecule is CC(C)(C)OC(=O)N1CCC(=C(F)[18F])CC1. The van der Waals surface area contributed by atoms with Crippen molar-refractivity contribution in [3.63, 3.8) is 0 Å². The molecule has 0 N–H and O–H groups in total. The Hall–Kier alpha value is -1.13. The molecule has 1 aliphatic heterocycles. The molecular formula is C11H17F2NO2. The van der Waals surface area contributed by atoms with Crippen molar-refractivity contribution in [2.24, 2.45) is 0 Å². The molecule has 5 heteroatoms. The second-order valence-corrected chi connectivity index (χ2v) is 4.83. The average Bonchev–Trinajstić information content (AvgIpc) is 2.15. The maximum absolute atomic E-state index is 12.3. The van der Waals surface area contributed by atoms with Gasteiger partial charge in [0.25, 0.3) is 6.08 Å². The monoisotopic (exact) mass is 232 g/mol. The van der Waals surface area contributed by atoms with E-state index in [-0.39, 0.29) is 18.4 Å². The molecule has 0 atom stereocenters. The Kier molecular flexibility index (Phi) is 3.88. The van der Waals surface area contributed by atoms with Crippen LogP contribution in [-0.2, 0) is 4.74 Å². The van der Waals surface area contributed by atoms with Gasteiger partial charge in [-0.1, -0.05) is 0 Å². The Bertz CT molecular complexity index is 294. The minimum absolute atomic E-state index is 0.153. The lowest BCUT2D eigenvalue weighted by Gasteiger charge is -2.30. The third-order valence-electron chi connectivity index (χ3n) is 2.29. The number of carbonyl (C=O) groups excluding carboxylic acids is 1. The zero-order valence-electron chi connectivity index (χ0n) is 9.85. The van der Waals surface area contributed by atoms with Crippen LogP contribution in [0.4, 0.5) is 13.6 Å². The minimum atomic E-state index is -1.61. The van der Waals surface area contributed by atoms with Crippen LogP contribution in [0.3, 0.4) is 0 Å². The molecule has 0 unspecified atom stereocenters. The molecule has 0 aromatic rings. The van der Waals surface area contributed by atoms with Crippen molar-refractivity contribution >= 4 is 6.09 Å². The molecule has 1 fully saturated rings. The molecular weight excluding hydrogens is 215 g/mol. The van der Waals surface area contributed by atoms with E-state index in [9.17, 15) is 13.6 Å². The van der Waals surface area contributed by atoms with Crippen LogP contribution in [0.25, 0.3) is 0 Å². The number of hydrogen-bond acceptors (Lipinski definition) is 2. The smallest absolute Gasteiger partial charge is 0.410 e. The van der Waals surface area contributed by atoms with Crippen LogP contribution in [0.2, 0.25) is 0 Å². The summed E-state index contributed by atoms with van der Waals surface area (Å²) in [5.74, 6) is 0. The molecule has 0 aromatic heterocycles. The molecule has 0 aromatic carbocycles. The van der Waals surface area contributed by atoms with Gasteiger partial charge in [0.15, 0.2) is 0 Å². The highest BCUT2D eigenvalue weighted by atomic mass is 19.2. The van der Waals surface area contributed by atoms with Gasteiger partial charge in [0.2, 0.25) is 0 Å². The molecule has 1 rings (SSSR count). The van der Waals surface area contributed by atoms with Crippen molar-refractivity contribution < 1.29 is 18.3 Å². The first-order chi connectivity index (χ1) is 7.29. The molecule has 1 aliphatic rings. The van der Waals surface area contributed by atoms with Gasteiger partial charge in [-0.3, -0.25) is 0 Å². The van der Waals surface area contributed by atoms with Gasteiger partial charge in [-0.15, -0.1) is 0 Å². The number of nitrogens with zero attached hydrogens (tertiary/aromatic N) is 1. The van der Waals surface area contributed by atoms with E-state index in [4.69, 9.17) is 4.74 Å². The van der Waals surface area contributed by atoms with Gasteiger partial charge in [-0.05, 0) is 39.2 Å². The van der Waals surface area contributed by atoms with Gasteiger partial charge in [-0.2, -0.15) is 8.78 Å². The summed E-state index contributed by atoms with van der Waals surface area (Å²) in [7, 11) is 0. The van der Waals surface area contributed by atoms with E-state index in [1.54, 1.807) is 20.8 Å². The van der Waals surface area contributed by atoms with E-state index in [0.29, 0.717) is 13.1 Å². The normalized spacial score (nSPS) is 17.3. The number of halogens is 2. The summed E-state index contributed by atoms with van der Waals surface area (Å²) in [6.45, 7) is 5.95. The number of rotatable bonds is 0. The molecule has 16 heavy (non-hydrogen) atoms. The van der Waals surface area contributed by atoms with Crippen LogP contribution >= 0.6 is 0 Å². The first-order valence-electron chi connectivity index (χ1n) is 5.30. The van der Waals surface area contributed by atoms with Gasteiger partial charge in [0, 0.05) is 13.1 Å². The predicted octanol–water partition coefficient (Wildman–Crippen LogP) is 3.17. The summed E-state index contributed by atoms with van der Waals surface area (Å²) < 4.78 is 29.7. The summed E-state index contributed by atoms with van der Waals surface area (Å²) in [5.41, 5.74) is -0.391. The highest BCUT2D eigenvalue weighted by Gasteiger charge is 2.25. The Balaban J connectivity index is 2.49. The van der Waals surface area contributed by atoms with Crippen LogP contribution in [0.1, 0.15) is 33.6 Å². The van der Waals surface area contributed by atoms with Gasteiger partial charge in [-0.25, -0.2) is 4.79 Å². The third kappa shape index (κ3) is 3.79. The Morgan fingerprint density at radius 2 is 1.75 bits per heavy atom. The summed E-state index contributed by atoms with van der Waals surface area (Å²) in [4.78, 5) is 13.1. The molecule has 3 nitrogen and oxygen atoms in total. The number of amides is 1. The van der Waals surface area contributed by atoms with Crippen molar-refractivity contribution in [3.05, 3.63) is 11.7 Å². The van der Waals surface area contributed by atoms with Crippen LogP contribution in [0.15, 0.2) is 11.7 Å². The van der Waals surface area contributed by atoms with Gasteiger partial charge < -0.3 is 9.64 Å². The lowest BCUT2D eigenvalue weighted by molar-refractivity contribution is 0.0233. The fourth-order valence-corrected chi connectivity index (χ4v) is 1.47. The van der Waals surface area contributed by atoms with E-state index in [1.807, 2.05) is 0 Å². The van der Waals surface area contributed by atoms with Crippen molar-refractivity contribution in [2.75, 3.05) is 13.1 Å². The molecule has 0 bridgehead atoms. The van der Waals surface area contributed by atoms with Crippen LogP contribution in [-0.4, -0.2) is 29.7 Å². The fraction of sp³-hybridized carbons (Fsp3) is 0.727. The minimum Gasteiger partial charge on any atom is -0.444 e. The quantitative estimate of drug-likeness (QED) is 0.642. The van der Waals surface area contributed by atoms with Crippen molar-refractivity contribution in [2.45, 2.75) is 39.2 Å². The zero-order valence-corrected chi connectivity index (χ0v) is 9.85. The average molecular weight is 232 g/mol. The van der Waals surface area contributed by atoms with Crippen molar-refractivity contribution in [1.82, 2.24) is 4.90 Å². The Morgan fingerprint density at radius 3 is 2.12 bits per heavy atom. The summed E-state index contributed by atoms with van der Waals surface area (Å²) in [5, 5.41) is 0. The highest BCUT2D eigenvalue weighted by Crippen LogP contribution is 2.22. The molecule has 0 aliphatic carbocycles. The molecule has 1 amide bonds. The van der Waals surface area contributed by atoms with Gasteiger partial charge >= 0.3 is 6.09 Å². The van der Waals surface area contributed by atoms with Gasteiger partial charge in [0.1, 0.15) is 5.60 Å². The maximum Gasteiger partial charge on any atom is 0.410 e. The largest absolute Gasteiger partial charge is 0.444 e. The number of hydrogen-bond donors (Lipinski definition) is 0. The second-order valence-electron chi connectivity index (χ2n) is 4.83. The Labute approximate surface area is 94.1 Å². The first kappa shape index (κ1) is 12.9.